The van der Waals surface area contributed by atoms with Crippen molar-refractivity contribution in [1.29, 1.82) is 0 Å². The number of imidazole rings is 1. The Hall–Kier alpha value is -3.55. The van der Waals surface area contributed by atoms with E-state index >= 15 is 0 Å². The van der Waals surface area contributed by atoms with Crippen LogP contribution in [0.4, 0.5) is 4.39 Å². The number of halogens is 1. The van der Waals surface area contributed by atoms with Crippen LogP contribution in [0.15, 0.2) is 53.8 Å². The molecule has 0 unspecified atom stereocenters. The lowest BCUT2D eigenvalue weighted by molar-refractivity contribution is 0.354. The molecule has 3 rings (SSSR count). The minimum Gasteiger partial charge on any atom is -0.493 e. The number of hydrogen-bond acceptors (Lipinski definition) is 4. The van der Waals surface area contributed by atoms with Gasteiger partial charge in [0.05, 0.1) is 19.9 Å². The van der Waals surface area contributed by atoms with Gasteiger partial charge in [0.2, 0.25) is 0 Å². The largest absolute Gasteiger partial charge is 0.493 e. The Balaban J connectivity index is 1.53. The molecule has 0 aliphatic carbocycles. The van der Waals surface area contributed by atoms with Crippen molar-refractivity contribution in [3.63, 3.8) is 0 Å². The van der Waals surface area contributed by atoms with Gasteiger partial charge in [0.1, 0.15) is 11.6 Å². The standard InChI is InChI=1S/C23H28FN5O2/c1-16-26-11-12-29(16)20-7-5-18(13-19(20)24)15-28-23(25-2)27-10-9-17-6-8-21(30-3)22(14-17)31-4/h5-8,11-14H,9-10,15H2,1-4H3,(H2,25,27,28). The van der Waals surface area contributed by atoms with E-state index in [9.17, 15) is 4.39 Å². The number of hydrogen-bond donors (Lipinski definition) is 2. The lowest BCUT2D eigenvalue weighted by Gasteiger charge is -2.14. The topological polar surface area (TPSA) is 72.7 Å². The first-order valence-electron chi connectivity index (χ1n) is 10.00. The zero-order valence-electron chi connectivity index (χ0n) is 18.3. The number of methoxy groups -OCH3 is 2. The quantitative estimate of drug-likeness (QED) is 0.428. The SMILES string of the molecule is CN=C(NCCc1ccc(OC)c(OC)c1)NCc1ccc(-n2ccnc2C)c(F)c1. The molecule has 0 fully saturated rings. The molecule has 0 amide bonds. The second-order valence-corrected chi connectivity index (χ2v) is 6.92. The van der Waals surface area contributed by atoms with E-state index in [0.29, 0.717) is 36.2 Å². The van der Waals surface area contributed by atoms with Crippen LogP contribution in [-0.2, 0) is 13.0 Å². The van der Waals surface area contributed by atoms with Crippen LogP contribution in [0.1, 0.15) is 17.0 Å². The molecular formula is C23H28FN5O2. The van der Waals surface area contributed by atoms with Gasteiger partial charge in [-0.2, -0.15) is 0 Å². The lowest BCUT2D eigenvalue weighted by Crippen LogP contribution is -2.37. The predicted octanol–water partition coefficient (Wildman–Crippen LogP) is 3.24. The van der Waals surface area contributed by atoms with Gasteiger partial charge < -0.3 is 24.7 Å². The Bertz CT molecular complexity index is 1050. The second kappa shape index (κ2) is 10.5. The average molecular weight is 426 g/mol. The number of nitrogens with zero attached hydrogens (tertiary/aromatic N) is 3. The van der Waals surface area contributed by atoms with Crippen molar-refractivity contribution in [2.45, 2.75) is 19.9 Å². The third-order valence-electron chi connectivity index (χ3n) is 4.94. The molecule has 2 aromatic carbocycles. The molecule has 0 radical (unpaired) electrons. The highest BCUT2D eigenvalue weighted by Crippen LogP contribution is 2.27. The molecule has 0 bridgehead atoms. The molecule has 31 heavy (non-hydrogen) atoms. The van der Waals surface area contributed by atoms with E-state index < -0.39 is 0 Å². The molecule has 164 valence electrons. The molecule has 1 heterocycles. The van der Waals surface area contributed by atoms with Crippen LogP contribution in [0.5, 0.6) is 11.5 Å². The number of benzene rings is 2. The van der Waals surface area contributed by atoms with E-state index in [2.05, 4.69) is 20.6 Å². The molecule has 0 saturated heterocycles. The van der Waals surface area contributed by atoms with Crippen LogP contribution < -0.4 is 20.1 Å². The third kappa shape index (κ3) is 5.53. The van der Waals surface area contributed by atoms with Gasteiger partial charge in [0, 0.05) is 32.5 Å². The predicted molar refractivity (Wildman–Crippen MR) is 120 cm³/mol. The zero-order chi connectivity index (χ0) is 22.2. The van der Waals surface area contributed by atoms with Gasteiger partial charge in [0.15, 0.2) is 17.5 Å². The smallest absolute Gasteiger partial charge is 0.191 e. The van der Waals surface area contributed by atoms with E-state index in [1.165, 1.54) is 6.07 Å². The van der Waals surface area contributed by atoms with Gasteiger partial charge in [-0.3, -0.25) is 4.99 Å². The van der Waals surface area contributed by atoms with Crippen molar-refractivity contribution in [1.82, 2.24) is 20.2 Å². The van der Waals surface area contributed by atoms with Crippen LogP contribution in [-0.4, -0.2) is 43.3 Å². The van der Waals surface area contributed by atoms with Crippen LogP contribution in [0.2, 0.25) is 0 Å². The molecule has 0 aliphatic rings. The Labute approximate surface area is 181 Å². The summed E-state index contributed by atoms with van der Waals surface area (Å²) in [5.41, 5.74) is 2.42. The molecule has 8 heteroatoms. The van der Waals surface area contributed by atoms with Gasteiger partial charge in [-0.05, 0) is 48.7 Å². The summed E-state index contributed by atoms with van der Waals surface area (Å²) in [5.74, 6) is 2.51. The molecule has 0 aliphatic heterocycles. The summed E-state index contributed by atoms with van der Waals surface area (Å²) in [6.07, 6.45) is 4.19. The summed E-state index contributed by atoms with van der Waals surface area (Å²) in [7, 11) is 4.95. The number of guanidine groups is 1. The summed E-state index contributed by atoms with van der Waals surface area (Å²) < 4.78 is 26.9. The van der Waals surface area contributed by atoms with E-state index in [1.807, 2.05) is 31.2 Å². The third-order valence-corrected chi connectivity index (χ3v) is 4.94. The van der Waals surface area contributed by atoms with Crippen molar-refractivity contribution in [2.24, 2.45) is 4.99 Å². The number of aromatic nitrogens is 2. The van der Waals surface area contributed by atoms with Crippen molar-refractivity contribution in [2.75, 3.05) is 27.8 Å². The van der Waals surface area contributed by atoms with Gasteiger partial charge in [-0.25, -0.2) is 9.37 Å². The Morgan fingerprint density at radius 3 is 2.48 bits per heavy atom. The molecule has 1 aromatic heterocycles. The molecule has 2 N–H and O–H groups in total. The average Bonchev–Trinajstić information content (AvgIpc) is 3.21. The van der Waals surface area contributed by atoms with Crippen LogP contribution in [0.25, 0.3) is 5.69 Å². The number of aryl methyl sites for hydroxylation is 1. The Kier molecular flexibility index (Phi) is 7.48. The maximum atomic E-state index is 14.6. The highest BCUT2D eigenvalue weighted by Gasteiger charge is 2.09. The fraction of sp³-hybridized carbons (Fsp3) is 0.304. The summed E-state index contributed by atoms with van der Waals surface area (Å²) >= 11 is 0. The van der Waals surface area contributed by atoms with Gasteiger partial charge in [-0.1, -0.05) is 12.1 Å². The van der Waals surface area contributed by atoms with E-state index in [1.54, 1.807) is 44.3 Å². The molecule has 0 spiro atoms. The highest BCUT2D eigenvalue weighted by atomic mass is 19.1. The molecular weight excluding hydrogens is 397 g/mol. The summed E-state index contributed by atoms with van der Waals surface area (Å²) in [6.45, 7) is 2.98. The van der Waals surface area contributed by atoms with Crippen molar-refractivity contribution in [3.8, 4) is 17.2 Å². The monoisotopic (exact) mass is 425 g/mol. The lowest BCUT2D eigenvalue weighted by atomic mass is 10.1. The van der Waals surface area contributed by atoms with E-state index in [-0.39, 0.29) is 5.82 Å². The van der Waals surface area contributed by atoms with Gasteiger partial charge in [0.25, 0.3) is 0 Å². The minimum absolute atomic E-state index is 0.295. The first kappa shape index (κ1) is 22.1. The van der Waals surface area contributed by atoms with Gasteiger partial charge >= 0.3 is 0 Å². The van der Waals surface area contributed by atoms with Crippen LogP contribution >= 0.6 is 0 Å². The van der Waals surface area contributed by atoms with Crippen molar-refractivity contribution >= 4 is 5.96 Å². The van der Waals surface area contributed by atoms with E-state index in [0.717, 1.165) is 23.4 Å². The summed E-state index contributed by atoms with van der Waals surface area (Å²) in [6, 6.07) is 11.0. The van der Waals surface area contributed by atoms with E-state index in [4.69, 9.17) is 9.47 Å². The number of aliphatic imine (C=N–C) groups is 1. The fourth-order valence-corrected chi connectivity index (χ4v) is 3.26. The number of rotatable bonds is 8. The van der Waals surface area contributed by atoms with Crippen LogP contribution in [0.3, 0.4) is 0 Å². The second-order valence-electron chi connectivity index (χ2n) is 6.92. The highest BCUT2D eigenvalue weighted by molar-refractivity contribution is 5.79. The summed E-state index contributed by atoms with van der Waals surface area (Å²) in [5, 5.41) is 6.48. The maximum Gasteiger partial charge on any atom is 0.191 e. The fourth-order valence-electron chi connectivity index (χ4n) is 3.26. The van der Waals surface area contributed by atoms with Crippen LogP contribution in [0, 0.1) is 12.7 Å². The molecule has 3 aromatic rings. The minimum atomic E-state index is -0.295. The molecule has 7 nitrogen and oxygen atoms in total. The zero-order valence-corrected chi connectivity index (χ0v) is 18.3. The number of ether oxygens (including phenoxy) is 2. The number of nitrogens with one attached hydrogen (secondary N) is 2. The summed E-state index contributed by atoms with van der Waals surface area (Å²) in [4.78, 5) is 8.37. The van der Waals surface area contributed by atoms with Crippen molar-refractivity contribution < 1.29 is 13.9 Å². The first-order chi connectivity index (χ1) is 15.0. The Morgan fingerprint density at radius 2 is 1.84 bits per heavy atom. The van der Waals surface area contributed by atoms with Gasteiger partial charge in [-0.15, -0.1) is 0 Å². The normalized spacial score (nSPS) is 11.3. The van der Waals surface area contributed by atoms with Crippen molar-refractivity contribution in [3.05, 3.63) is 71.6 Å². The molecule has 0 atom stereocenters. The molecule has 0 saturated carbocycles. The maximum absolute atomic E-state index is 14.6. The first-order valence-corrected chi connectivity index (χ1v) is 10.00. The Morgan fingerprint density at radius 1 is 1.06 bits per heavy atom.